The van der Waals surface area contributed by atoms with E-state index in [0.29, 0.717) is 12.8 Å². The predicted octanol–water partition coefficient (Wildman–Crippen LogP) is 3.06. The lowest BCUT2D eigenvalue weighted by molar-refractivity contribution is -0.165. The molecule has 1 N–H and O–H groups in total. The van der Waals surface area contributed by atoms with Gasteiger partial charge in [-0.3, -0.25) is 9.59 Å². The molecule has 0 saturated heterocycles. The van der Waals surface area contributed by atoms with Crippen LogP contribution in [0.15, 0.2) is 11.8 Å². The van der Waals surface area contributed by atoms with E-state index in [4.69, 9.17) is 4.74 Å². The Morgan fingerprint density at radius 3 is 2.61 bits per heavy atom. The van der Waals surface area contributed by atoms with Crippen LogP contribution in [0.1, 0.15) is 58.8 Å². The summed E-state index contributed by atoms with van der Waals surface area (Å²) in [5.41, 5.74) is -1.22. The second-order valence-corrected chi connectivity index (χ2v) is 4.81. The summed E-state index contributed by atoms with van der Waals surface area (Å²) in [6, 6.07) is 0. The second-order valence-electron chi connectivity index (χ2n) is 4.81. The van der Waals surface area contributed by atoms with Gasteiger partial charge in [0.15, 0.2) is 11.4 Å². The molecule has 0 aromatic heterocycles. The van der Waals surface area contributed by atoms with Gasteiger partial charge in [-0.25, -0.2) is 0 Å². The van der Waals surface area contributed by atoms with Gasteiger partial charge in [0.25, 0.3) is 0 Å². The van der Waals surface area contributed by atoms with Crippen LogP contribution >= 0.6 is 0 Å². The van der Waals surface area contributed by atoms with Gasteiger partial charge >= 0.3 is 5.97 Å². The molecule has 0 aliphatic carbocycles. The number of hydrogen-bond donors (Lipinski definition) is 1. The molecule has 0 saturated carbocycles. The Hall–Kier alpha value is -1.32. The number of carbonyl (C=O) groups is 2. The fraction of sp³-hybridized carbons (Fsp3) is 0.714. The molecule has 4 heteroatoms. The summed E-state index contributed by atoms with van der Waals surface area (Å²) in [5.74, 6) is -0.666. The number of aliphatic hydroxyl groups excluding tert-OH is 1. The minimum Gasteiger partial charge on any atom is -0.512 e. The Labute approximate surface area is 108 Å². The highest BCUT2D eigenvalue weighted by Crippen LogP contribution is 2.30. The van der Waals surface area contributed by atoms with Crippen LogP contribution in [0.3, 0.4) is 0 Å². The number of rotatable bonds is 7. The predicted molar refractivity (Wildman–Crippen MR) is 68.2 cm³/mol. The van der Waals surface area contributed by atoms with Crippen molar-refractivity contribution in [3.63, 3.8) is 0 Å². The molecule has 4 nitrogen and oxygen atoms in total. The Balaban J connectivity index is 2.90. The van der Waals surface area contributed by atoms with E-state index in [1.807, 2.05) is 13.8 Å². The monoisotopic (exact) mass is 254 g/mol. The summed E-state index contributed by atoms with van der Waals surface area (Å²) >= 11 is 0. The lowest BCUT2D eigenvalue weighted by atomic mass is 9.86. The van der Waals surface area contributed by atoms with Gasteiger partial charge in [-0.15, -0.1) is 0 Å². The third-order valence-corrected chi connectivity index (χ3v) is 3.15. The number of carbonyl (C=O) groups excluding carboxylic acids is 2. The molecule has 0 aromatic carbocycles. The molecule has 1 rings (SSSR count). The molecule has 0 bridgehead atoms. The Kier molecular flexibility index (Phi) is 5.38. The summed E-state index contributed by atoms with van der Waals surface area (Å²) in [4.78, 5) is 23.7. The van der Waals surface area contributed by atoms with Crippen molar-refractivity contribution in [1.29, 1.82) is 0 Å². The summed E-state index contributed by atoms with van der Waals surface area (Å²) < 4.78 is 5.28. The number of hydrogen-bond acceptors (Lipinski definition) is 4. The molecule has 0 radical (unpaired) electrons. The van der Waals surface area contributed by atoms with Crippen molar-refractivity contribution in [2.45, 2.75) is 64.4 Å². The van der Waals surface area contributed by atoms with Crippen LogP contribution in [0, 0.1) is 0 Å². The molecular weight excluding hydrogens is 232 g/mol. The van der Waals surface area contributed by atoms with Crippen LogP contribution in [0.4, 0.5) is 0 Å². The Morgan fingerprint density at radius 2 is 2.06 bits per heavy atom. The fourth-order valence-electron chi connectivity index (χ4n) is 2.13. The summed E-state index contributed by atoms with van der Waals surface area (Å²) in [6.07, 6.45) is 5.54. The van der Waals surface area contributed by atoms with E-state index >= 15 is 0 Å². The topological polar surface area (TPSA) is 63.6 Å². The standard InChI is InChI=1S/C14H22O4/c1-3-5-7-12(16)14(8-6-4-2)10-11(15)9-13(17)18-14/h10,15H,3-9H2,1-2H3. The number of cyclic esters (lactones) is 1. The molecule has 1 heterocycles. The number of unbranched alkanes of at least 4 members (excludes halogenated alkanes) is 2. The van der Waals surface area contributed by atoms with Crippen molar-refractivity contribution >= 4 is 11.8 Å². The Bertz CT molecular complexity index is 346. The first-order chi connectivity index (χ1) is 8.54. The number of aliphatic hydroxyl groups is 1. The van der Waals surface area contributed by atoms with Crippen LogP contribution in [-0.4, -0.2) is 22.5 Å². The molecule has 0 aromatic rings. The van der Waals surface area contributed by atoms with Crippen LogP contribution in [0.25, 0.3) is 0 Å². The van der Waals surface area contributed by atoms with E-state index < -0.39 is 11.6 Å². The first-order valence-corrected chi connectivity index (χ1v) is 6.70. The van der Waals surface area contributed by atoms with Gasteiger partial charge in [0.05, 0.1) is 0 Å². The summed E-state index contributed by atoms with van der Waals surface area (Å²) in [6.45, 7) is 4.02. The molecule has 0 spiro atoms. The third kappa shape index (κ3) is 3.59. The fourth-order valence-corrected chi connectivity index (χ4v) is 2.13. The van der Waals surface area contributed by atoms with Crippen molar-refractivity contribution < 1.29 is 19.4 Å². The third-order valence-electron chi connectivity index (χ3n) is 3.15. The molecule has 1 aliphatic rings. The van der Waals surface area contributed by atoms with Gasteiger partial charge < -0.3 is 9.84 Å². The highest BCUT2D eigenvalue weighted by Gasteiger charge is 2.42. The highest BCUT2D eigenvalue weighted by atomic mass is 16.6. The van der Waals surface area contributed by atoms with Gasteiger partial charge in [-0.2, -0.15) is 0 Å². The molecule has 1 aliphatic heterocycles. The molecule has 18 heavy (non-hydrogen) atoms. The summed E-state index contributed by atoms with van der Waals surface area (Å²) in [7, 11) is 0. The lowest BCUT2D eigenvalue weighted by Crippen LogP contribution is -2.44. The van der Waals surface area contributed by atoms with E-state index in [2.05, 4.69) is 0 Å². The smallest absolute Gasteiger partial charge is 0.314 e. The van der Waals surface area contributed by atoms with Crippen LogP contribution < -0.4 is 0 Å². The zero-order chi connectivity index (χ0) is 13.6. The quantitative estimate of drug-likeness (QED) is 0.709. The largest absolute Gasteiger partial charge is 0.512 e. The van der Waals surface area contributed by atoms with Gasteiger partial charge in [-0.1, -0.05) is 26.7 Å². The first-order valence-electron chi connectivity index (χ1n) is 6.70. The van der Waals surface area contributed by atoms with Crippen molar-refractivity contribution in [2.24, 2.45) is 0 Å². The first kappa shape index (κ1) is 14.7. The maximum atomic E-state index is 12.2. The molecule has 102 valence electrons. The Morgan fingerprint density at radius 1 is 1.39 bits per heavy atom. The van der Waals surface area contributed by atoms with Gasteiger partial charge in [0, 0.05) is 12.5 Å². The van der Waals surface area contributed by atoms with E-state index in [9.17, 15) is 14.7 Å². The average Bonchev–Trinajstić information content (AvgIpc) is 2.32. The van der Waals surface area contributed by atoms with Crippen molar-refractivity contribution in [1.82, 2.24) is 0 Å². The van der Waals surface area contributed by atoms with E-state index in [1.54, 1.807) is 0 Å². The van der Waals surface area contributed by atoms with Gasteiger partial charge in [-0.05, 0) is 19.3 Å². The van der Waals surface area contributed by atoms with Crippen LogP contribution in [0.5, 0.6) is 0 Å². The summed E-state index contributed by atoms with van der Waals surface area (Å²) in [5, 5.41) is 9.60. The van der Waals surface area contributed by atoms with Crippen molar-refractivity contribution in [2.75, 3.05) is 0 Å². The van der Waals surface area contributed by atoms with Gasteiger partial charge in [0.2, 0.25) is 0 Å². The SMILES string of the molecule is CCCCC(=O)C1(CCCC)C=C(O)CC(=O)O1. The minimum atomic E-state index is -1.22. The number of esters is 1. The molecular formula is C14H22O4. The normalized spacial score (nSPS) is 23.4. The highest BCUT2D eigenvalue weighted by molar-refractivity contribution is 5.93. The van der Waals surface area contributed by atoms with Crippen molar-refractivity contribution in [3.8, 4) is 0 Å². The lowest BCUT2D eigenvalue weighted by Gasteiger charge is -2.32. The van der Waals surface area contributed by atoms with Crippen molar-refractivity contribution in [3.05, 3.63) is 11.8 Å². The van der Waals surface area contributed by atoms with Gasteiger partial charge in [0.1, 0.15) is 12.2 Å². The molecule has 0 fully saturated rings. The van der Waals surface area contributed by atoms with Crippen LogP contribution in [0.2, 0.25) is 0 Å². The van der Waals surface area contributed by atoms with E-state index in [-0.39, 0.29) is 18.0 Å². The minimum absolute atomic E-state index is 0.0489. The maximum absolute atomic E-state index is 12.2. The number of ketones is 1. The number of Topliss-reactive ketones (excluding diaryl/α,β-unsaturated/α-hetero) is 1. The van der Waals surface area contributed by atoms with E-state index in [1.165, 1.54) is 6.08 Å². The molecule has 1 atom stereocenters. The second kappa shape index (κ2) is 6.57. The molecule has 0 amide bonds. The average molecular weight is 254 g/mol. The maximum Gasteiger partial charge on any atom is 0.314 e. The number of ether oxygens (including phenoxy) is 1. The van der Waals surface area contributed by atoms with E-state index in [0.717, 1.165) is 25.7 Å². The zero-order valence-electron chi connectivity index (χ0n) is 11.2. The van der Waals surface area contributed by atoms with Crippen LogP contribution in [-0.2, 0) is 14.3 Å². The zero-order valence-corrected chi connectivity index (χ0v) is 11.2. The molecule has 1 unspecified atom stereocenters.